The van der Waals surface area contributed by atoms with E-state index in [1.165, 1.54) is 17.8 Å². The van der Waals surface area contributed by atoms with Crippen molar-refractivity contribution in [2.24, 2.45) is 0 Å². The van der Waals surface area contributed by atoms with E-state index in [0.717, 1.165) is 57.8 Å². The summed E-state index contributed by atoms with van der Waals surface area (Å²) in [5, 5.41) is 0. The van der Waals surface area contributed by atoms with Crippen LogP contribution in [0.2, 0.25) is 0 Å². The van der Waals surface area contributed by atoms with Gasteiger partial charge in [-0.15, -0.1) is 114 Å². The van der Waals surface area contributed by atoms with Crippen LogP contribution in [0.15, 0.2) is 114 Å². The largest absolute Gasteiger partial charge is 3.00 e. The van der Waals surface area contributed by atoms with Crippen molar-refractivity contribution in [1.82, 2.24) is 0 Å². The standard InChI is InChI=1S/3C10H15.Cr/c3*1-4-7-10(8-5-2)9-6-3;/h3*4-6H,1-3,7-9H2;/q3*-1;+3. The minimum absolute atomic E-state index is 0. The Morgan fingerprint density at radius 1 is 0.290 bits per heavy atom. The maximum Gasteiger partial charge on any atom is 3.00 e. The molecule has 0 amide bonds. The van der Waals surface area contributed by atoms with Crippen LogP contribution in [-0.4, -0.2) is 0 Å². The van der Waals surface area contributed by atoms with Crippen LogP contribution in [0.1, 0.15) is 57.8 Å². The second-order valence-electron chi connectivity index (χ2n) is 6.69. The molecule has 1 radical (unpaired) electrons. The molecular weight excluding hydrogens is 412 g/mol. The number of hydrogen-bond donors (Lipinski definition) is 0. The molecule has 0 aliphatic rings. The van der Waals surface area contributed by atoms with Gasteiger partial charge in [0.2, 0.25) is 0 Å². The van der Waals surface area contributed by atoms with E-state index in [0.29, 0.717) is 0 Å². The quantitative estimate of drug-likeness (QED) is 0.142. The molecule has 0 saturated heterocycles. The van der Waals surface area contributed by atoms with Gasteiger partial charge in [-0.2, -0.15) is 57.8 Å². The fraction of sp³-hybridized carbons (Fsp3) is 0.300. The van der Waals surface area contributed by atoms with Crippen molar-refractivity contribution in [2.45, 2.75) is 57.8 Å². The summed E-state index contributed by atoms with van der Waals surface area (Å²) >= 11 is 0. The van der Waals surface area contributed by atoms with Gasteiger partial charge in [-0.05, 0) is 0 Å². The predicted molar refractivity (Wildman–Crippen MR) is 143 cm³/mol. The Bertz CT molecular complexity index is 340. The van der Waals surface area contributed by atoms with Crippen molar-refractivity contribution in [3.8, 4) is 0 Å². The van der Waals surface area contributed by atoms with Crippen LogP contribution in [0.25, 0.3) is 0 Å². The average molecular weight is 458 g/mol. The topological polar surface area (TPSA) is 0 Å². The van der Waals surface area contributed by atoms with E-state index in [2.05, 4.69) is 59.2 Å². The average Bonchev–Trinajstić information content (AvgIpc) is 2.71. The number of hydrogen-bond acceptors (Lipinski definition) is 0. The molecule has 0 atom stereocenters. The summed E-state index contributed by atoms with van der Waals surface area (Å²) in [5.41, 5.74) is 0. The van der Waals surface area contributed by atoms with E-state index in [4.69, 9.17) is 0 Å². The molecule has 0 aromatic rings. The first-order valence-electron chi connectivity index (χ1n) is 10.5. The summed E-state index contributed by atoms with van der Waals surface area (Å²) in [6.07, 6.45) is 26.1. The van der Waals surface area contributed by atoms with E-state index in [9.17, 15) is 0 Å². The van der Waals surface area contributed by atoms with E-state index < -0.39 is 0 Å². The van der Waals surface area contributed by atoms with Crippen molar-refractivity contribution >= 4 is 0 Å². The zero-order valence-corrected chi connectivity index (χ0v) is 21.1. The van der Waals surface area contributed by atoms with Gasteiger partial charge in [0.15, 0.2) is 0 Å². The molecule has 0 spiro atoms. The van der Waals surface area contributed by atoms with Crippen molar-refractivity contribution in [2.75, 3.05) is 0 Å². The van der Waals surface area contributed by atoms with Crippen LogP contribution in [0.4, 0.5) is 0 Å². The summed E-state index contributed by atoms with van der Waals surface area (Å²) in [7, 11) is 0. The number of allylic oxidation sites excluding steroid dienone is 9. The minimum Gasteiger partial charge on any atom is -0.303 e. The van der Waals surface area contributed by atoms with E-state index >= 15 is 0 Å². The van der Waals surface area contributed by atoms with Gasteiger partial charge in [0.25, 0.3) is 0 Å². The Kier molecular flexibility index (Phi) is 38.7. The van der Waals surface area contributed by atoms with Gasteiger partial charge in [-0.3, -0.25) is 0 Å². The first kappa shape index (κ1) is 36.6. The predicted octanol–water partition coefficient (Wildman–Crippen LogP) is 9.87. The van der Waals surface area contributed by atoms with Gasteiger partial charge in [-0.1, -0.05) is 0 Å². The summed E-state index contributed by atoms with van der Waals surface area (Å²) < 4.78 is 0. The van der Waals surface area contributed by atoms with E-state index in [-0.39, 0.29) is 17.4 Å². The molecule has 0 aromatic carbocycles. The van der Waals surface area contributed by atoms with Gasteiger partial charge in [0.1, 0.15) is 0 Å². The molecule has 31 heavy (non-hydrogen) atoms. The monoisotopic (exact) mass is 457 g/mol. The van der Waals surface area contributed by atoms with Gasteiger partial charge in [-0.25, -0.2) is 0 Å². The third-order valence-corrected chi connectivity index (χ3v) is 3.90. The Morgan fingerprint density at radius 2 is 0.387 bits per heavy atom. The van der Waals surface area contributed by atoms with Crippen LogP contribution >= 0.6 is 0 Å². The second kappa shape index (κ2) is 32.8. The molecule has 0 aromatic heterocycles. The molecule has 0 aliphatic carbocycles. The van der Waals surface area contributed by atoms with Crippen LogP contribution in [0.5, 0.6) is 0 Å². The minimum atomic E-state index is 0. The molecule has 0 N–H and O–H groups in total. The van der Waals surface area contributed by atoms with E-state index in [1.807, 2.05) is 54.7 Å². The second-order valence-corrected chi connectivity index (χ2v) is 6.69. The van der Waals surface area contributed by atoms with Crippen LogP contribution in [0.3, 0.4) is 0 Å². The molecule has 0 saturated carbocycles. The zero-order valence-electron chi connectivity index (χ0n) is 19.8. The molecule has 171 valence electrons. The molecular formula is C30H45Cr. The third-order valence-electron chi connectivity index (χ3n) is 3.90. The van der Waals surface area contributed by atoms with Crippen LogP contribution < -0.4 is 0 Å². The summed E-state index contributed by atoms with van der Waals surface area (Å²) in [6, 6.07) is 0. The first-order chi connectivity index (χ1) is 14.5. The normalized spacial score (nSPS) is 9.00. The fourth-order valence-corrected chi connectivity index (χ4v) is 2.59. The Morgan fingerprint density at radius 3 is 0.452 bits per heavy atom. The molecule has 0 heterocycles. The van der Waals surface area contributed by atoms with Gasteiger partial charge in [0.05, 0.1) is 0 Å². The molecule has 0 unspecified atom stereocenters. The van der Waals surface area contributed by atoms with Crippen LogP contribution in [0, 0.1) is 17.8 Å². The number of rotatable bonds is 18. The fourth-order valence-electron chi connectivity index (χ4n) is 2.59. The van der Waals surface area contributed by atoms with Crippen molar-refractivity contribution in [1.29, 1.82) is 0 Å². The molecule has 0 nitrogen and oxygen atoms in total. The molecule has 0 bridgehead atoms. The Balaban J connectivity index is -0.000000174. The van der Waals surface area contributed by atoms with Crippen LogP contribution in [-0.2, 0) is 17.4 Å². The smallest absolute Gasteiger partial charge is 0.303 e. The van der Waals surface area contributed by atoms with Crippen molar-refractivity contribution in [3.63, 3.8) is 0 Å². The summed E-state index contributed by atoms with van der Waals surface area (Å²) in [4.78, 5) is 0. The molecule has 0 aliphatic heterocycles. The maximum absolute atomic E-state index is 3.68. The van der Waals surface area contributed by atoms with Gasteiger partial charge >= 0.3 is 17.4 Å². The van der Waals surface area contributed by atoms with Crippen molar-refractivity contribution in [3.05, 3.63) is 132 Å². The molecule has 0 fully saturated rings. The maximum atomic E-state index is 3.68. The summed E-state index contributed by atoms with van der Waals surface area (Å²) in [6.45, 7) is 33.1. The van der Waals surface area contributed by atoms with Gasteiger partial charge < -0.3 is 17.8 Å². The third kappa shape index (κ3) is 30.5. The molecule has 0 rings (SSSR count). The SMILES string of the molecule is C=CC[C-](CC=C)CC=C.C=CC[C-](CC=C)CC=C.C=CC[C-](CC=C)CC=C.[Cr+3]. The first-order valence-corrected chi connectivity index (χ1v) is 10.5. The Labute approximate surface area is 206 Å². The van der Waals surface area contributed by atoms with E-state index in [1.54, 1.807) is 0 Å². The van der Waals surface area contributed by atoms with Gasteiger partial charge in [0, 0.05) is 0 Å². The van der Waals surface area contributed by atoms with Crippen molar-refractivity contribution < 1.29 is 17.4 Å². The summed E-state index contributed by atoms with van der Waals surface area (Å²) in [5.74, 6) is 4.29. The zero-order chi connectivity index (χ0) is 23.5. The molecule has 1 heteroatoms. The Hall–Kier alpha value is -1.81.